The molecule has 1 amide bonds. The van der Waals surface area contributed by atoms with E-state index in [1.165, 1.54) is 0 Å². The fraction of sp³-hybridized carbons (Fsp3) is 0.545. The van der Waals surface area contributed by atoms with Crippen LogP contribution in [0.3, 0.4) is 0 Å². The van der Waals surface area contributed by atoms with Crippen LogP contribution >= 0.6 is 0 Å². The number of aliphatic hydroxyl groups is 1. The van der Waals surface area contributed by atoms with Crippen LogP contribution in [0.15, 0.2) is 16.5 Å². The van der Waals surface area contributed by atoms with Crippen molar-refractivity contribution < 1.29 is 19.1 Å². The van der Waals surface area contributed by atoms with Gasteiger partial charge in [0.05, 0.1) is 26.4 Å². The van der Waals surface area contributed by atoms with Crippen LogP contribution in [0.1, 0.15) is 11.5 Å². The molecule has 5 nitrogen and oxygen atoms in total. The number of carbonyl (C=O) groups is 1. The molecular formula is C11H15NO4. The van der Waals surface area contributed by atoms with Gasteiger partial charge in [-0.05, 0) is 19.1 Å². The highest BCUT2D eigenvalue weighted by Gasteiger charge is 2.45. The zero-order valence-electron chi connectivity index (χ0n) is 9.16. The number of ether oxygens (including phenoxy) is 1. The molecule has 0 radical (unpaired) electrons. The van der Waals surface area contributed by atoms with Gasteiger partial charge in [0.15, 0.2) is 0 Å². The Balaban J connectivity index is 1.88. The van der Waals surface area contributed by atoms with Crippen LogP contribution in [0, 0.1) is 12.3 Å². The molecule has 0 spiro atoms. The quantitative estimate of drug-likeness (QED) is 0.768. The van der Waals surface area contributed by atoms with E-state index < -0.39 is 5.41 Å². The molecule has 16 heavy (non-hydrogen) atoms. The first-order chi connectivity index (χ1) is 7.66. The van der Waals surface area contributed by atoms with Crippen LogP contribution in [0.25, 0.3) is 0 Å². The fourth-order valence-corrected chi connectivity index (χ4v) is 1.58. The van der Waals surface area contributed by atoms with Gasteiger partial charge < -0.3 is 19.6 Å². The number of aliphatic hydroxyl groups excluding tert-OH is 1. The van der Waals surface area contributed by atoms with Gasteiger partial charge in [0, 0.05) is 0 Å². The summed E-state index contributed by atoms with van der Waals surface area (Å²) >= 11 is 0. The van der Waals surface area contributed by atoms with Gasteiger partial charge in [-0.1, -0.05) is 0 Å². The molecule has 1 aliphatic rings. The number of amides is 1. The average molecular weight is 225 g/mol. The Morgan fingerprint density at radius 2 is 2.31 bits per heavy atom. The number of furan rings is 1. The Morgan fingerprint density at radius 1 is 1.56 bits per heavy atom. The van der Waals surface area contributed by atoms with Crippen LogP contribution in [-0.2, 0) is 16.1 Å². The van der Waals surface area contributed by atoms with Gasteiger partial charge in [0.1, 0.15) is 16.9 Å². The van der Waals surface area contributed by atoms with E-state index in [1.807, 2.05) is 19.1 Å². The molecule has 1 saturated heterocycles. The van der Waals surface area contributed by atoms with Crippen molar-refractivity contribution in [2.75, 3.05) is 19.8 Å². The monoisotopic (exact) mass is 225 g/mol. The molecule has 0 bridgehead atoms. The Hall–Kier alpha value is -1.33. The van der Waals surface area contributed by atoms with E-state index in [4.69, 9.17) is 14.3 Å². The van der Waals surface area contributed by atoms with Gasteiger partial charge in [-0.15, -0.1) is 0 Å². The maximum absolute atomic E-state index is 11.8. The molecule has 1 aliphatic heterocycles. The second-order valence-electron chi connectivity index (χ2n) is 4.13. The summed E-state index contributed by atoms with van der Waals surface area (Å²) in [7, 11) is 0. The molecule has 0 atom stereocenters. The number of nitrogens with one attached hydrogen (secondary N) is 1. The second-order valence-corrected chi connectivity index (χ2v) is 4.13. The molecule has 0 unspecified atom stereocenters. The van der Waals surface area contributed by atoms with Crippen molar-refractivity contribution in [3.63, 3.8) is 0 Å². The standard InChI is InChI=1S/C11H15NO4/c1-8-2-3-9(16-8)4-12-10(14)11(5-13)6-15-7-11/h2-3,13H,4-7H2,1H3,(H,12,14). The first kappa shape index (κ1) is 11.2. The van der Waals surface area contributed by atoms with E-state index in [-0.39, 0.29) is 25.7 Å². The van der Waals surface area contributed by atoms with Crippen molar-refractivity contribution in [3.8, 4) is 0 Å². The molecule has 0 saturated carbocycles. The lowest BCUT2D eigenvalue weighted by molar-refractivity contribution is -0.170. The molecule has 0 aromatic carbocycles. The van der Waals surface area contributed by atoms with Crippen molar-refractivity contribution in [2.45, 2.75) is 13.5 Å². The summed E-state index contributed by atoms with van der Waals surface area (Å²) in [6, 6.07) is 3.66. The molecular weight excluding hydrogens is 210 g/mol. The second kappa shape index (κ2) is 4.27. The van der Waals surface area contributed by atoms with Crippen molar-refractivity contribution in [2.24, 2.45) is 5.41 Å². The van der Waals surface area contributed by atoms with Gasteiger partial charge in [-0.3, -0.25) is 4.79 Å². The Bertz CT molecular complexity index is 376. The van der Waals surface area contributed by atoms with E-state index in [9.17, 15) is 4.79 Å². The van der Waals surface area contributed by atoms with E-state index in [0.29, 0.717) is 12.3 Å². The maximum Gasteiger partial charge on any atom is 0.233 e. The van der Waals surface area contributed by atoms with Gasteiger partial charge in [-0.2, -0.15) is 0 Å². The zero-order valence-corrected chi connectivity index (χ0v) is 9.16. The molecule has 88 valence electrons. The lowest BCUT2D eigenvalue weighted by Gasteiger charge is -2.37. The third kappa shape index (κ3) is 1.96. The Morgan fingerprint density at radius 3 is 2.75 bits per heavy atom. The molecule has 2 N–H and O–H groups in total. The molecule has 1 fully saturated rings. The maximum atomic E-state index is 11.8. The van der Waals surface area contributed by atoms with E-state index in [0.717, 1.165) is 5.76 Å². The highest BCUT2D eigenvalue weighted by molar-refractivity contribution is 5.83. The summed E-state index contributed by atoms with van der Waals surface area (Å²) < 4.78 is 10.3. The van der Waals surface area contributed by atoms with Crippen molar-refractivity contribution in [1.82, 2.24) is 5.32 Å². The SMILES string of the molecule is Cc1ccc(CNC(=O)C2(CO)COC2)o1. The van der Waals surface area contributed by atoms with E-state index in [1.54, 1.807) is 0 Å². The minimum Gasteiger partial charge on any atom is -0.465 e. The van der Waals surface area contributed by atoms with Gasteiger partial charge in [-0.25, -0.2) is 0 Å². The van der Waals surface area contributed by atoms with E-state index >= 15 is 0 Å². The van der Waals surface area contributed by atoms with E-state index in [2.05, 4.69) is 5.32 Å². The Labute approximate surface area is 93.4 Å². The highest BCUT2D eigenvalue weighted by Crippen LogP contribution is 2.26. The van der Waals surface area contributed by atoms with Gasteiger partial charge in [0.2, 0.25) is 5.91 Å². The summed E-state index contributed by atoms with van der Waals surface area (Å²) in [5.41, 5.74) is -0.748. The number of carbonyl (C=O) groups excluding carboxylic acids is 1. The van der Waals surface area contributed by atoms with Crippen LogP contribution in [0.5, 0.6) is 0 Å². The number of hydrogen-bond acceptors (Lipinski definition) is 4. The normalized spacial score (nSPS) is 17.9. The Kier molecular flexibility index (Phi) is 2.98. The number of hydrogen-bond donors (Lipinski definition) is 2. The molecule has 5 heteroatoms. The summed E-state index contributed by atoms with van der Waals surface area (Å²) in [5, 5.41) is 11.9. The van der Waals surface area contributed by atoms with Crippen LogP contribution < -0.4 is 5.32 Å². The predicted molar refractivity (Wildman–Crippen MR) is 55.6 cm³/mol. The summed E-state index contributed by atoms with van der Waals surface area (Å²) in [5.74, 6) is 1.34. The van der Waals surface area contributed by atoms with Crippen molar-refractivity contribution in [3.05, 3.63) is 23.7 Å². The van der Waals surface area contributed by atoms with Gasteiger partial charge >= 0.3 is 0 Å². The third-order valence-electron chi connectivity index (χ3n) is 2.76. The molecule has 2 rings (SSSR count). The first-order valence-electron chi connectivity index (χ1n) is 5.18. The lowest BCUT2D eigenvalue weighted by atomic mass is 9.86. The topological polar surface area (TPSA) is 71.7 Å². The van der Waals surface area contributed by atoms with Crippen LogP contribution in [0.2, 0.25) is 0 Å². The van der Waals surface area contributed by atoms with Crippen LogP contribution in [-0.4, -0.2) is 30.8 Å². The molecule has 1 aromatic rings. The smallest absolute Gasteiger partial charge is 0.233 e. The summed E-state index contributed by atoms with van der Waals surface area (Å²) in [6.45, 7) is 2.57. The molecule has 1 aromatic heterocycles. The third-order valence-corrected chi connectivity index (χ3v) is 2.76. The summed E-state index contributed by atoms with van der Waals surface area (Å²) in [4.78, 5) is 11.8. The van der Waals surface area contributed by atoms with Gasteiger partial charge in [0.25, 0.3) is 0 Å². The minimum atomic E-state index is -0.748. The highest BCUT2D eigenvalue weighted by atomic mass is 16.5. The molecule has 0 aliphatic carbocycles. The predicted octanol–water partition coefficient (Wildman–Crippen LogP) is 0.213. The van der Waals surface area contributed by atoms with Crippen molar-refractivity contribution >= 4 is 5.91 Å². The number of rotatable bonds is 4. The largest absolute Gasteiger partial charge is 0.465 e. The van der Waals surface area contributed by atoms with Crippen molar-refractivity contribution in [1.29, 1.82) is 0 Å². The van der Waals surface area contributed by atoms with Crippen LogP contribution in [0.4, 0.5) is 0 Å². The summed E-state index contributed by atoms with van der Waals surface area (Å²) in [6.07, 6.45) is 0. The first-order valence-corrected chi connectivity index (χ1v) is 5.18. The fourth-order valence-electron chi connectivity index (χ4n) is 1.58. The number of aryl methyl sites for hydroxylation is 1. The average Bonchev–Trinajstić information content (AvgIpc) is 2.60. The minimum absolute atomic E-state index is 0.185. The zero-order chi connectivity index (χ0) is 11.6. The molecule has 2 heterocycles. The lowest BCUT2D eigenvalue weighted by Crippen LogP contribution is -2.56.